The molecule has 0 aliphatic carbocycles. The molecule has 1 amide bonds. The van der Waals surface area contributed by atoms with Gasteiger partial charge in [-0.2, -0.15) is 11.8 Å². The number of benzene rings is 1. The first-order valence-corrected chi connectivity index (χ1v) is 7.08. The second kappa shape index (κ2) is 8.14. The third kappa shape index (κ3) is 4.79. The smallest absolute Gasteiger partial charge is 0.242 e. The Morgan fingerprint density at radius 1 is 1.41 bits per heavy atom. The molecule has 0 radical (unpaired) electrons. The molecule has 1 aromatic rings. The van der Waals surface area contributed by atoms with Gasteiger partial charge in [0.2, 0.25) is 5.91 Å². The van der Waals surface area contributed by atoms with Crippen molar-refractivity contribution in [2.75, 3.05) is 11.5 Å². The number of unbranched alkanes of at least 4 members (excludes halogenated alkanes) is 1. The molecule has 0 bridgehead atoms. The Hall–Kier alpha value is -1.00. The van der Waals surface area contributed by atoms with Gasteiger partial charge in [-0.25, -0.2) is 5.84 Å². The normalized spacial score (nSPS) is 12.1. The molecule has 17 heavy (non-hydrogen) atoms. The Morgan fingerprint density at radius 3 is 2.71 bits per heavy atom. The van der Waals surface area contributed by atoms with Gasteiger partial charge in [-0.1, -0.05) is 43.7 Å². The summed E-state index contributed by atoms with van der Waals surface area (Å²) in [5, 5.41) is 0. The summed E-state index contributed by atoms with van der Waals surface area (Å²) in [5.41, 5.74) is 3.28. The molecule has 0 saturated carbocycles. The van der Waals surface area contributed by atoms with Crippen molar-refractivity contribution in [1.29, 1.82) is 0 Å². The first-order valence-electron chi connectivity index (χ1n) is 5.92. The Morgan fingerprint density at radius 2 is 2.12 bits per heavy atom. The predicted octanol–water partition coefficient (Wildman–Crippen LogP) is 2.29. The quantitative estimate of drug-likeness (QED) is 0.339. The Labute approximate surface area is 107 Å². The number of nitrogens with one attached hydrogen (secondary N) is 1. The van der Waals surface area contributed by atoms with Gasteiger partial charge in [-0.3, -0.25) is 10.2 Å². The number of hydrogen-bond acceptors (Lipinski definition) is 3. The summed E-state index contributed by atoms with van der Waals surface area (Å²) in [6, 6.07) is 9.79. The number of thioether (sulfide) groups is 1. The topological polar surface area (TPSA) is 55.1 Å². The third-order valence-corrected chi connectivity index (χ3v) is 3.73. The van der Waals surface area contributed by atoms with E-state index in [0.29, 0.717) is 0 Å². The zero-order chi connectivity index (χ0) is 12.5. The lowest BCUT2D eigenvalue weighted by atomic mass is 10.0. The van der Waals surface area contributed by atoms with Gasteiger partial charge < -0.3 is 0 Å². The van der Waals surface area contributed by atoms with Crippen molar-refractivity contribution < 1.29 is 4.79 Å². The highest BCUT2D eigenvalue weighted by atomic mass is 32.2. The zero-order valence-corrected chi connectivity index (χ0v) is 11.0. The Bertz CT molecular complexity index is 329. The monoisotopic (exact) mass is 252 g/mol. The van der Waals surface area contributed by atoms with Gasteiger partial charge in [0.05, 0.1) is 5.92 Å². The van der Waals surface area contributed by atoms with E-state index < -0.39 is 0 Å². The number of hydrogen-bond donors (Lipinski definition) is 2. The summed E-state index contributed by atoms with van der Waals surface area (Å²) in [6.07, 6.45) is 2.38. The van der Waals surface area contributed by atoms with Crippen LogP contribution < -0.4 is 11.3 Å². The van der Waals surface area contributed by atoms with Crippen molar-refractivity contribution in [2.45, 2.75) is 25.7 Å². The summed E-state index contributed by atoms with van der Waals surface area (Å²) >= 11 is 1.81. The summed E-state index contributed by atoms with van der Waals surface area (Å²) in [7, 11) is 0. The summed E-state index contributed by atoms with van der Waals surface area (Å²) in [4.78, 5) is 11.7. The highest BCUT2D eigenvalue weighted by Gasteiger charge is 2.19. The van der Waals surface area contributed by atoms with Crippen molar-refractivity contribution in [3.63, 3.8) is 0 Å². The van der Waals surface area contributed by atoms with E-state index in [-0.39, 0.29) is 11.8 Å². The molecule has 1 aromatic carbocycles. The molecule has 0 aliphatic heterocycles. The lowest BCUT2D eigenvalue weighted by molar-refractivity contribution is -0.122. The van der Waals surface area contributed by atoms with Crippen molar-refractivity contribution in [3.8, 4) is 0 Å². The van der Waals surface area contributed by atoms with Gasteiger partial charge in [-0.15, -0.1) is 0 Å². The molecule has 1 atom stereocenters. The molecule has 0 heterocycles. The summed E-state index contributed by atoms with van der Waals surface area (Å²) < 4.78 is 0. The van der Waals surface area contributed by atoms with Crippen LogP contribution in [0.2, 0.25) is 0 Å². The minimum atomic E-state index is -0.150. The summed E-state index contributed by atoms with van der Waals surface area (Å²) in [5.74, 6) is 6.85. The average Bonchev–Trinajstić information content (AvgIpc) is 2.39. The van der Waals surface area contributed by atoms with E-state index in [0.717, 1.165) is 17.1 Å². The molecule has 0 saturated heterocycles. The van der Waals surface area contributed by atoms with Crippen LogP contribution in [0.3, 0.4) is 0 Å². The van der Waals surface area contributed by atoms with Crippen molar-refractivity contribution in [1.82, 2.24) is 5.43 Å². The third-order valence-electron chi connectivity index (χ3n) is 2.59. The lowest BCUT2D eigenvalue weighted by Gasteiger charge is -2.15. The molecule has 0 aromatic heterocycles. The van der Waals surface area contributed by atoms with E-state index in [9.17, 15) is 4.79 Å². The molecule has 1 rings (SSSR count). The van der Waals surface area contributed by atoms with Crippen LogP contribution in [0.15, 0.2) is 30.3 Å². The highest BCUT2D eigenvalue weighted by molar-refractivity contribution is 7.99. The minimum Gasteiger partial charge on any atom is -0.294 e. The zero-order valence-electron chi connectivity index (χ0n) is 10.2. The first-order chi connectivity index (χ1) is 8.29. The largest absolute Gasteiger partial charge is 0.294 e. The molecular formula is C13H20N2OS. The molecule has 0 fully saturated rings. The van der Waals surface area contributed by atoms with E-state index in [4.69, 9.17) is 5.84 Å². The number of nitrogens with two attached hydrogens (primary N) is 1. The number of hydrazine groups is 1. The number of amides is 1. The lowest BCUT2D eigenvalue weighted by Crippen LogP contribution is -2.35. The van der Waals surface area contributed by atoms with Crippen molar-refractivity contribution in [2.24, 2.45) is 5.84 Å². The average molecular weight is 252 g/mol. The maximum Gasteiger partial charge on any atom is 0.242 e. The SMILES string of the molecule is CCCCSCC(C(=O)NN)c1ccccc1. The highest BCUT2D eigenvalue weighted by Crippen LogP contribution is 2.21. The van der Waals surface area contributed by atoms with Crippen LogP contribution in [-0.2, 0) is 4.79 Å². The standard InChI is InChI=1S/C13H20N2OS/c1-2-3-9-17-10-12(13(16)15-14)11-7-5-4-6-8-11/h4-8,12H,2-3,9-10,14H2,1H3,(H,15,16). The van der Waals surface area contributed by atoms with Crippen LogP contribution in [0, 0.1) is 0 Å². The van der Waals surface area contributed by atoms with E-state index in [1.165, 1.54) is 12.8 Å². The fourth-order valence-electron chi connectivity index (χ4n) is 1.56. The number of rotatable bonds is 7. The maximum atomic E-state index is 11.7. The molecular weight excluding hydrogens is 232 g/mol. The molecule has 0 aliphatic rings. The van der Waals surface area contributed by atoms with E-state index in [1.807, 2.05) is 42.1 Å². The van der Waals surface area contributed by atoms with Gasteiger partial charge in [0, 0.05) is 5.75 Å². The number of carbonyl (C=O) groups excluding carboxylic acids is 1. The van der Waals surface area contributed by atoms with Gasteiger partial charge >= 0.3 is 0 Å². The van der Waals surface area contributed by atoms with E-state index in [1.54, 1.807) is 0 Å². The Kier molecular flexibility index (Phi) is 6.74. The summed E-state index contributed by atoms with van der Waals surface area (Å²) in [6.45, 7) is 2.17. The van der Waals surface area contributed by atoms with E-state index in [2.05, 4.69) is 12.3 Å². The van der Waals surface area contributed by atoms with Gasteiger partial charge in [0.25, 0.3) is 0 Å². The first kappa shape index (κ1) is 14.1. The van der Waals surface area contributed by atoms with Gasteiger partial charge in [0.1, 0.15) is 0 Å². The fourth-order valence-corrected chi connectivity index (χ4v) is 2.80. The van der Waals surface area contributed by atoms with Crippen LogP contribution in [0.4, 0.5) is 0 Å². The molecule has 3 N–H and O–H groups in total. The van der Waals surface area contributed by atoms with Crippen LogP contribution in [0.25, 0.3) is 0 Å². The van der Waals surface area contributed by atoms with Gasteiger partial charge in [-0.05, 0) is 17.7 Å². The Balaban J connectivity index is 2.59. The van der Waals surface area contributed by atoms with Gasteiger partial charge in [0.15, 0.2) is 0 Å². The van der Waals surface area contributed by atoms with E-state index >= 15 is 0 Å². The number of carbonyl (C=O) groups is 1. The second-order valence-corrected chi connectivity index (χ2v) is 5.05. The second-order valence-electron chi connectivity index (χ2n) is 3.90. The van der Waals surface area contributed by atoms with Crippen LogP contribution >= 0.6 is 11.8 Å². The molecule has 4 heteroatoms. The molecule has 94 valence electrons. The van der Waals surface area contributed by atoms with Crippen molar-refractivity contribution >= 4 is 17.7 Å². The van der Waals surface area contributed by atoms with Crippen LogP contribution in [-0.4, -0.2) is 17.4 Å². The minimum absolute atomic E-state index is 0.111. The molecule has 1 unspecified atom stereocenters. The molecule has 3 nitrogen and oxygen atoms in total. The fraction of sp³-hybridized carbons (Fsp3) is 0.462. The van der Waals surface area contributed by atoms with Crippen LogP contribution in [0.1, 0.15) is 31.2 Å². The predicted molar refractivity (Wildman–Crippen MR) is 73.7 cm³/mol. The maximum absolute atomic E-state index is 11.7. The van der Waals surface area contributed by atoms with Crippen molar-refractivity contribution in [3.05, 3.63) is 35.9 Å². The molecule has 0 spiro atoms. The van der Waals surface area contributed by atoms with Crippen LogP contribution in [0.5, 0.6) is 0 Å².